The SMILES string of the molecule is CCC/C=C(\C)C(=O)OOC(=O)CC. The molecule has 0 amide bonds. The van der Waals surface area contributed by atoms with Crippen molar-refractivity contribution in [3.8, 4) is 0 Å². The van der Waals surface area contributed by atoms with E-state index in [9.17, 15) is 9.59 Å². The second-order valence-corrected chi connectivity index (χ2v) is 2.86. The third-order valence-electron chi connectivity index (χ3n) is 1.56. The van der Waals surface area contributed by atoms with Gasteiger partial charge in [-0.25, -0.2) is 19.4 Å². The van der Waals surface area contributed by atoms with E-state index in [4.69, 9.17) is 0 Å². The molecule has 0 radical (unpaired) electrons. The molecule has 4 nitrogen and oxygen atoms in total. The summed E-state index contributed by atoms with van der Waals surface area (Å²) in [7, 11) is 0. The summed E-state index contributed by atoms with van der Waals surface area (Å²) in [6.07, 6.45) is 3.70. The van der Waals surface area contributed by atoms with Gasteiger partial charge in [0.1, 0.15) is 0 Å². The van der Waals surface area contributed by atoms with Crippen LogP contribution in [-0.4, -0.2) is 11.9 Å². The molecule has 80 valence electrons. The van der Waals surface area contributed by atoms with Gasteiger partial charge in [0.2, 0.25) is 0 Å². The minimum Gasteiger partial charge on any atom is -0.247 e. The Morgan fingerprint density at radius 3 is 2.36 bits per heavy atom. The molecule has 0 aromatic heterocycles. The van der Waals surface area contributed by atoms with Crippen LogP contribution in [0.15, 0.2) is 11.6 Å². The molecular formula is C10H16O4. The van der Waals surface area contributed by atoms with Crippen molar-refractivity contribution in [3.63, 3.8) is 0 Å². The third kappa shape index (κ3) is 5.35. The monoisotopic (exact) mass is 200 g/mol. The van der Waals surface area contributed by atoms with E-state index < -0.39 is 11.9 Å². The first-order chi connectivity index (χ1) is 6.61. The maximum Gasteiger partial charge on any atom is 0.381 e. The summed E-state index contributed by atoms with van der Waals surface area (Å²) >= 11 is 0. The van der Waals surface area contributed by atoms with Crippen molar-refractivity contribution in [1.29, 1.82) is 0 Å². The average Bonchev–Trinajstić information content (AvgIpc) is 2.21. The van der Waals surface area contributed by atoms with Crippen LogP contribution >= 0.6 is 0 Å². The molecule has 0 aromatic carbocycles. The van der Waals surface area contributed by atoms with E-state index in [1.54, 1.807) is 19.9 Å². The van der Waals surface area contributed by atoms with Gasteiger partial charge < -0.3 is 0 Å². The Hall–Kier alpha value is -1.32. The topological polar surface area (TPSA) is 52.6 Å². The van der Waals surface area contributed by atoms with Gasteiger partial charge >= 0.3 is 11.9 Å². The summed E-state index contributed by atoms with van der Waals surface area (Å²) in [5.74, 6) is -1.16. The van der Waals surface area contributed by atoms with Gasteiger partial charge in [0.05, 0.1) is 0 Å². The van der Waals surface area contributed by atoms with Crippen LogP contribution in [0.4, 0.5) is 0 Å². The molecular weight excluding hydrogens is 184 g/mol. The molecule has 0 rings (SSSR count). The van der Waals surface area contributed by atoms with E-state index in [1.807, 2.05) is 6.92 Å². The van der Waals surface area contributed by atoms with E-state index >= 15 is 0 Å². The van der Waals surface area contributed by atoms with E-state index in [0.29, 0.717) is 5.57 Å². The van der Waals surface area contributed by atoms with Crippen molar-refractivity contribution in [3.05, 3.63) is 11.6 Å². The molecule has 0 saturated heterocycles. The number of carbonyl (C=O) groups excluding carboxylic acids is 2. The fourth-order valence-corrected chi connectivity index (χ4v) is 0.653. The molecule has 0 N–H and O–H groups in total. The molecule has 0 heterocycles. The van der Waals surface area contributed by atoms with Crippen molar-refractivity contribution in [2.75, 3.05) is 0 Å². The van der Waals surface area contributed by atoms with E-state index in [0.717, 1.165) is 12.8 Å². The molecule has 0 aliphatic rings. The average molecular weight is 200 g/mol. The first-order valence-electron chi connectivity index (χ1n) is 4.70. The van der Waals surface area contributed by atoms with Gasteiger partial charge in [-0.15, -0.1) is 0 Å². The normalized spacial score (nSPS) is 10.9. The Morgan fingerprint density at radius 2 is 1.86 bits per heavy atom. The van der Waals surface area contributed by atoms with Crippen LogP contribution in [0.1, 0.15) is 40.0 Å². The van der Waals surface area contributed by atoms with Crippen LogP contribution in [0.2, 0.25) is 0 Å². The minimum absolute atomic E-state index is 0.186. The summed E-state index contributed by atoms with van der Waals surface area (Å²) in [6.45, 7) is 5.25. The van der Waals surface area contributed by atoms with Crippen molar-refractivity contribution in [1.82, 2.24) is 0 Å². The van der Waals surface area contributed by atoms with E-state index in [1.165, 1.54) is 0 Å². The van der Waals surface area contributed by atoms with Crippen LogP contribution < -0.4 is 0 Å². The highest BCUT2D eigenvalue weighted by Crippen LogP contribution is 2.01. The molecule has 14 heavy (non-hydrogen) atoms. The predicted molar refractivity (Wildman–Crippen MR) is 51.1 cm³/mol. The van der Waals surface area contributed by atoms with E-state index in [-0.39, 0.29) is 6.42 Å². The summed E-state index contributed by atoms with van der Waals surface area (Å²) < 4.78 is 0. The first kappa shape index (κ1) is 12.7. The lowest BCUT2D eigenvalue weighted by atomic mass is 10.2. The zero-order valence-corrected chi connectivity index (χ0v) is 8.83. The second-order valence-electron chi connectivity index (χ2n) is 2.86. The Labute approximate surface area is 83.8 Å². The molecule has 0 unspecified atom stereocenters. The quantitative estimate of drug-likeness (QED) is 0.396. The highest BCUT2D eigenvalue weighted by Gasteiger charge is 2.09. The molecule has 0 bridgehead atoms. The first-order valence-corrected chi connectivity index (χ1v) is 4.70. The standard InChI is InChI=1S/C10H16O4/c1-4-6-7-8(3)10(12)14-13-9(11)5-2/h7H,4-6H2,1-3H3/b8-7+. The van der Waals surface area contributed by atoms with Crippen molar-refractivity contribution in [2.24, 2.45) is 0 Å². The Bertz CT molecular complexity index is 230. The van der Waals surface area contributed by atoms with Gasteiger partial charge in [-0.3, -0.25) is 0 Å². The molecule has 0 atom stereocenters. The molecule has 4 heteroatoms. The van der Waals surface area contributed by atoms with Gasteiger partial charge in [0.15, 0.2) is 0 Å². The lowest BCUT2D eigenvalue weighted by molar-refractivity contribution is -0.255. The molecule has 0 spiro atoms. The Morgan fingerprint density at radius 1 is 1.21 bits per heavy atom. The van der Waals surface area contributed by atoms with Crippen molar-refractivity contribution < 1.29 is 19.4 Å². The lowest BCUT2D eigenvalue weighted by Crippen LogP contribution is -2.11. The molecule has 0 fully saturated rings. The van der Waals surface area contributed by atoms with Gasteiger partial charge in [-0.1, -0.05) is 26.3 Å². The maximum atomic E-state index is 11.1. The zero-order valence-electron chi connectivity index (χ0n) is 8.83. The molecule has 0 aromatic rings. The fraction of sp³-hybridized carbons (Fsp3) is 0.600. The zero-order chi connectivity index (χ0) is 11.0. The highest BCUT2D eigenvalue weighted by atomic mass is 17.2. The number of carbonyl (C=O) groups is 2. The molecule has 0 aliphatic carbocycles. The number of hydrogen-bond acceptors (Lipinski definition) is 4. The molecule has 0 saturated carbocycles. The number of hydrogen-bond donors (Lipinski definition) is 0. The van der Waals surface area contributed by atoms with Crippen LogP contribution in [0.25, 0.3) is 0 Å². The van der Waals surface area contributed by atoms with Crippen LogP contribution in [0, 0.1) is 0 Å². The largest absolute Gasteiger partial charge is 0.381 e. The molecule has 0 aliphatic heterocycles. The second kappa shape index (κ2) is 7.12. The lowest BCUT2D eigenvalue weighted by Gasteiger charge is -2.01. The van der Waals surface area contributed by atoms with Gasteiger partial charge in [-0.2, -0.15) is 0 Å². The highest BCUT2D eigenvalue weighted by molar-refractivity contribution is 5.87. The Kier molecular flexibility index (Phi) is 6.45. The van der Waals surface area contributed by atoms with Gasteiger partial charge in [0.25, 0.3) is 0 Å². The smallest absolute Gasteiger partial charge is 0.247 e. The summed E-state index contributed by atoms with van der Waals surface area (Å²) in [6, 6.07) is 0. The summed E-state index contributed by atoms with van der Waals surface area (Å²) in [4.78, 5) is 30.3. The summed E-state index contributed by atoms with van der Waals surface area (Å²) in [5.41, 5.74) is 0.454. The van der Waals surface area contributed by atoms with Crippen molar-refractivity contribution in [2.45, 2.75) is 40.0 Å². The van der Waals surface area contributed by atoms with Gasteiger partial charge in [0, 0.05) is 12.0 Å². The number of allylic oxidation sites excluding steroid dienone is 1. The minimum atomic E-state index is -0.611. The summed E-state index contributed by atoms with van der Waals surface area (Å²) in [5, 5.41) is 0. The van der Waals surface area contributed by atoms with E-state index in [2.05, 4.69) is 9.78 Å². The number of unbranched alkanes of at least 4 members (excludes halogenated alkanes) is 1. The van der Waals surface area contributed by atoms with Crippen LogP contribution in [0.3, 0.4) is 0 Å². The maximum absolute atomic E-state index is 11.1. The van der Waals surface area contributed by atoms with Crippen molar-refractivity contribution >= 4 is 11.9 Å². The van der Waals surface area contributed by atoms with Crippen LogP contribution in [0.5, 0.6) is 0 Å². The third-order valence-corrected chi connectivity index (χ3v) is 1.56. The predicted octanol–water partition coefficient (Wildman–Crippen LogP) is 2.14. The Balaban J connectivity index is 3.90. The van der Waals surface area contributed by atoms with Crippen LogP contribution in [-0.2, 0) is 19.4 Å². The van der Waals surface area contributed by atoms with Gasteiger partial charge in [-0.05, 0) is 13.3 Å². The fourth-order valence-electron chi connectivity index (χ4n) is 0.653. The number of rotatable bonds is 4.